The van der Waals surface area contributed by atoms with E-state index >= 15 is 0 Å². The molecule has 10 heavy (non-hydrogen) atoms. The number of hydrogen-bond acceptors (Lipinski definition) is 4. The first-order valence-corrected chi connectivity index (χ1v) is 2.63. The molecule has 56 valence electrons. The molecule has 0 spiro atoms. The first-order chi connectivity index (χ1) is 4.72. The number of esters is 1. The highest BCUT2D eigenvalue weighted by Gasteiger charge is 2.12. The van der Waals surface area contributed by atoms with Gasteiger partial charge in [0, 0.05) is 0 Å². The molecule has 5 nitrogen and oxygen atoms in total. The maximum absolute atomic E-state index is 10.3. The fourth-order valence-electron chi connectivity index (χ4n) is 0.309. The normalized spacial score (nSPS) is 8.10. The zero-order chi connectivity index (χ0) is 7.98. The van der Waals surface area contributed by atoms with Gasteiger partial charge in [-0.05, 0) is 6.92 Å². The van der Waals surface area contributed by atoms with Crippen molar-refractivity contribution in [2.45, 2.75) is 6.92 Å². The van der Waals surface area contributed by atoms with E-state index in [4.69, 9.17) is 0 Å². The smallest absolute Gasteiger partial charge is 0.397 e. The Morgan fingerprint density at radius 3 is 2.60 bits per heavy atom. The van der Waals surface area contributed by atoms with Crippen LogP contribution in [0.5, 0.6) is 0 Å². The van der Waals surface area contributed by atoms with Crippen molar-refractivity contribution in [2.24, 2.45) is 0 Å². The molecule has 1 N–H and O–H groups in total. The predicted molar refractivity (Wildman–Crippen MR) is 30.8 cm³/mol. The van der Waals surface area contributed by atoms with E-state index in [9.17, 15) is 14.4 Å². The summed E-state index contributed by atoms with van der Waals surface area (Å²) in [5.74, 6) is -2.09. The van der Waals surface area contributed by atoms with E-state index in [1.54, 1.807) is 12.2 Å². The molecule has 0 aliphatic rings. The van der Waals surface area contributed by atoms with E-state index in [0.29, 0.717) is 0 Å². The van der Waals surface area contributed by atoms with E-state index < -0.39 is 11.9 Å². The highest BCUT2D eigenvalue weighted by Crippen LogP contribution is 1.75. The summed E-state index contributed by atoms with van der Waals surface area (Å²) in [4.78, 5) is 30.2. The second-order valence-electron chi connectivity index (χ2n) is 1.31. The van der Waals surface area contributed by atoms with Crippen LogP contribution in [0.3, 0.4) is 0 Å². The van der Waals surface area contributed by atoms with E-state index in [2.05, 4.69) is 4.74 Å². The van der Waals surface area contributed by atoms with Crippen LogP contribution in [0.4, 0.5) is 0 Å². The van der Waals surface area contributed by atoms with Crippen molar-refractivity contribution in [1.29, 1.82) is 0 Å². The molecule has 0 saturated carbocycles. The molecule has 0 saturated heterocycles. The zero-order valence-electron chi connectivity index (χ0n) is 5.42. The first-order valence-electron chi connectivity index (χ1n) is 2.63. The van der Waals surface area contributed by atoms with Crippen LogP contribution < -0.4 is 5.32 Å². The quantitative estimate of drug-likeness (QED) is 0.301. The SMILES string of the molecule is CCOC(=O)C(=O)NC=O. The van der Waals surface area contributed by atoms with Crippen LogP contribution in [0.2, 0.25) is 0 Å². The van der Waals surface area contributed by atoms with Crippen LogP contribution in [0.1, 0.15) is 6.92 Å². The van der Waals surface area contributed by atoms with Crippen LogP contribution in [-0.4, -0.2) is 24.9 Å². The molecule has 0 radical (unpaired) electrons. The molecule has 0 aromatic rings. The van der Waals surface area contributed by atoms with Crippen molar-refractivity contribution in [2.75, 3.05) is 6.61 Å². The van der Waals surface area contributed by atoms with Crippen molar-refractivity contribution in [3.8, 4) is 0 Å². The fourth-order valence-corrected chi connectivity index (χ4v) is 0.309. The lowest BCUT2D eigenvalue weighted by molar-refractivity contribution is -0.155. The Morgan fingerprint density at radius 2 is 2.20 bits per heavy atom. The van der Waals surface area contributed by atoms with Gasteiger partial charge in [-0.25, -0.2) is 4.79 Å². The maximum Gasteiger partial charge on any atom is 0.397 e. The van der Waals surface area contributed by atoms with Gasteiger partial charge in [0.25, 0.3) is 0 Å². The molecule has 0 aromatic heterocycles. The fraction of sp³-hybridized carbons (Fsp3) is 0.400. The summed E-state index contributed by atoms with van der Waals surface area (Å²) < 4.78 is 4.25. The van der Waals surface area contributed by atoms with Gasteiger partial charge in [0.1, 0.15) is 0 Å². The number of amides is 2. The lowest BCUT2D eigenvalue weighted by Gasteiger charge is -1.96. The molecule has 0 fully saturated rings. The second-order valence-corrected chi connectivity index (χ2v) is 1.31. The standard InChI is InChI=1S/C5H7NO4/c1-2-10-5(9)4(8)6-3-7/h3H,2H2,1H3,(H,6,7,8). The summed E-state index contributed by atoms with van der Waals surface area (Å²) in [5, 5.41) is 1.64. The summed E-state index contributed by atoms with van der Waals surface area (Å²) in [6.45, 7) is 1.68. The monoisotopic (exact) mass is 145 g/mol. The van der Waals surface area contributed by atoms with Gasteiger partial charge in [0.05, 0.1) is 6.61 Å². The molecule has 0 unspecified atom stereocenters. The van der Waals surface area contributed by atoms with Gasteiger partial charge in [0.2, 0.25) is 6.41 Å². The van der Waals surface area contributed by atoms with Gasteiger partial charge in [-0.1, -0.05) is 0 Å². The Balaban J connectivity index is 3.70. The Hall–Kier alpha value is -1.39. The number of nitrogens with one attached hydrogen (secondary N) is 1. The Labute approximate surface area is 57.3 Å². The number of imide groups is 1. The lowest BCUT2D eigenvalue weighted by Crippen LogP contribution is -2.31. The van der Waals surface area contributed by atoms with E-state index in [1.807, 2.05) is 0 Å². The summed E-state index contributed by atoms with van der Waals surface area (Å²) >= 11 is 0. The van der Waals surface area contributed by atoms with Crippen LogP contribution in [-0.2, 0) is 19.1 Å². The Morgan fingerprint density at radius 1 is 1.60 bits per heavy atom. The van der Waals surface area contributed by atoms with Gasteiger partial charge in [0.15, 0.2) is 0 Å². The largest absolute Gasteiger partial charge is 0.459 e. The van der Waals surface area contributed by atoms with Crippen molar-refractivity contribution >= 4 is 18.3 Å². The van der Waals surface area contributed by atoms with Crippen LogP contribution in [0.15, 0.2) is 0 Å². The van der Waals surface area contributed by atoms with Crippen LogP contribution >= 0.6 is 0 Å². The minimum Gasteiger partial charge on any atom is -0.459 e. The second kappa shape index (κ2) is 4.49. The number of hydrogen-bond donors (Lipinski definition) is 1. The molecule has 5 heteroatoms. The van der Waals surface area contributed by atoms with E-state index in [0.717, 1.165) is 0 Å². The minimum absolute atomic E-state index is 0.116. The van der Waals surface area contributed by atoms with E-state index in [-0.39, 0.29) is 13.0 Å². The van der Waals surface area contributed by atoms with Crippen molar-refractivity contribution in [1.82, 2.24) is 5.32 Å². The Bertz CT molecular complexity index is 154. The maximum atomic E-state index is 10.3. The minimum atomic E-state index is -1.05. The van der Waals surface area contributed by atoms with Crippen molar-refractivity contribution < 1.29 is 19.1 Å². The lowest BCUT2D eigenvalue weighted by atomic mass is 10.6. The average Bonchev–Trinajstić information content (AvgIpc) is 1.89. The topological polar surface area (TPSA) is 72.5 Å². The van der Waals surface area contributed by atoms with Crippen LogP contribution in [0.25, 0.3) is 0 Å². The van der Waals surface area contributed by atoms with Gasteiger partial charge < -0.3 is 4.74 Å². The summed E-state index contributed by atoms with van der Waals surface area (Å²) in [7, 11) is 0. The molecular weight excluding hydrogens is 138 g/mol. The molecule has 2 amide bonds. The first kappa shape index (κ1) is 8.61. The average molecular weight is 145 g/mol. The third-order valence-corrected chi connectivity index (χ3v) is 0.651. The number of carbonyl (C=O) groups excluding carboxylic acids is 3. The van der Waals surface area contributed by atoms with Crippen molar-refractivity contribution in [3.05, 3.63) is 0 Å². The molecule has 0 aliphatic carbocycles. The molecule has 0 aromatic carbocycles. The number of rotatable bonds is 2. The molecular formula is C5H7NO4. The van der Waals surface area contributed by atoms with Gasteiger partial charge >= 0.3 is 11.9 Å². The summed E-state index contributed by atoms with van der Waals surface area (Å²) in [5.41, 5.74) is 0. The number of carbonyl (C=O) groups is 3. The molecule has 0 atom stereocenters. The molecule has 0 heterocycles. The zero-order valence-corrected chi connectivity index (χ0v) is 5.42. The van der Waals surface area contributed by atoms with E-state index in [1.165, 1.54) is 0 Å². The Kier molecular flexibility index (Phi) is 3.86. The molecule has 0 bridgehead atoms. The molecule has 0 aliphatic heterocycles. The third kappa shape index (κ3) is 2.81. The van der Waals surface area contributed by atoms with Gasteiger partial charge in [-0.2, -0.15) is 0 Å². The highest BCUT2D eigenvalue weighted by molar-refractivity contribution is 6.34. The molecule has 0 rings (SSSR count). The van der Waals surface area contributed by atoms with Crippen LogP contribution in [0, 0.1) is 0 Å². The summed E-state index contributed by atoms with van der Waals surface area (Å²) in [6.07, 6.45) is 0.124. The predicted octanol–water partition coefficient (Wildman–Crippen LogP) is -1.18. The third-order valence-electron chi connectivity index (χ3n) is 0.651. The van der Waals surface area contributed by atoms with Gasteiger partial charge in [-0.3, -0.25) is 14.9 Å². The van der Waals surface area contributed by atoms with Crippen molar-refractivity contribution in [3.63, 3.8) is 0 Å². The highest BCUT2D eigenvalue weighted by atomic mass is 16.5. The van der Waals surface area contributed by atoms with Gasteiger partial charge in [-0.15, -0.1) is 0 Å². The summed E-state index contributed by atoms with van der Waals surface area (Å²) in [6, 6.07) is 0. The number of ether oxygens (including phenoxy) is 1.